The van der Waals surface area contributed by atoms with Gasteiger partial charge in [0.15, 0.2) is 0 Å². The molecule has 2 aromatic carbocycles. The normalized spacial score (nSPS) is 11.2. The number of methoxy groups -OCH3 is 2. The lowest BCUT2D eigenvalue weighted by Crippen LogP contribution is -2.22. The molecule has 0 saturated heterocycles. The molecule has 0 radical (unpaired) electrons. The molecule has 25 heavy (non-hydrogen) atoms. The summed E-state index contributed by atoms with van der Waals surface area (Å²) >= 11 is 0. The average Bonchev–Trinajstić information content (AvgIpc) is 2.61. The topological polar surface area (TPSA) is 84.9 Å². The number of carbonyl (C=O) groups excluding carboxylic acids is 1. The van der Waals surface area contributed by atoms with Crippen molar-refractivity contribution in [2.75, 3.05) is 33.6 Å². The van der Waals surface area contributed by atoms with Crippen LogP contribution in [-0.4, -0.2) is 46.9 Å². The molecular formula is C17H20N2O5S. The highest BCUT2D eigenvalue weighted by Gasteiger charge is 2.18. The first-order chi connectivity index (χ1) is 11.8. The van der Waals surface area contributed by atoms with Crippen molar-refractivity contribution >= 4 is 21.6 Å². The Bertz CT molecular complexity index is 878. The van der Waals surface area contributed by atoms with E-state index in [2.05, 4.69) is 5.32 Å². The molecule has 0 spiro atoms. The molecule has 0 atom stereocenters. The second-order valence-electron chi connectivity index (χ2n) is 5.34. The number of ether oxygens (including phenoxy) is 2. The Morgan fingerprint density at radius 1 is 1.04 bits per heavy atom. The maximum absolute atomic E-state index is 12.5. The third-order valence-corrected chi connectivity index (χ3v) is 5.33. The zero-order valence-corrected chi connectivity index (χ0v) is 15.3. The number of nitrogens with one attached hydrogen (secondary N) is 1. The highest BCUT2D eigenvalue weighted by molar-refractivity contribution is 7.89. The number of rotatable bonds is 6. The molecule has 0 heterocycles. The minimum Gasteiger partial charge on any atom is -0.497 e. The molecule has 0 aromatic heterocycles. The van der Waals surface area contributed by atoms with Gasteiger partial charge in [0.05, 0.1) is 24.7 Å². The zero-order valence-electron chi connectivity index (χ0n) is 14.4. The van der Waals surface area contributed by atoms with Crippen LogP contribution in [0, 0.1) is 0 Å². The minimum atomic E-state index is -3.58. The molecule has 0 unspecified atom stereocenters. The zero-order chi connectivity index (χ0) is 18.6. The standard InChI is InChI=1S/C17H20N2O5S/c1-19(2)25(21,22)14-7-5-6-12(10-14)18-17(20)15-9-8-13(23-3)11-16(15)24-4/h5-11H,1-4H3,(H,18,20). The summed E-state index contributed by atoms with van der Waals surface area (Å²) < 4.78 is 35.8. The van der Waals surface area contributed by atoms with Gasteiger partial charge in [0.1, 0.15) is 11.5 Å². The van der Waals surface area contributed by atoms with Crippen LogP contribution in [0.3, 0.4) is 0 Å². The summed E-state index contributed by atoms with van der Waals surface area (Å²) in [5.41, 5.74) is 0.676. The highest BCUT2D eigenvalue weighted by Crippen LogP contribution is 2.26. The van der Waals surface area contributed by atoms with Crippen molar-refractivity contribution in [2.45, 2.75) is 4.90 Å². The monoisotopic (exact) mass is 364 g/mol. The average molecular weight is 364 g/mol. The number of amides is 1. The van der Waals surface area contributed by atoms with Gasteiger partial charge < -0.3 is 14.8 Å². The molecule has 0 aliphatic heterocycles. The quantitative estimate of drug-likeness (QED) is 0.849. The van der Waals surface area contributed by atoms with Crippen LogP contribution in [0.15, 0.2) is 47.4 Å². The molecule has 7 nitrogen and oxygen atoms in total. The Labute approximate surface area is 147 Å². The van der Waals surface area contributed by atoms with Crippen molar-refractivity contribution in [3.05, 3.63) is 48.0 Å². The third-order valence-electron chi connectivity index (χ3n) is 3.52. The Kier molecular flexibility index (Phi) is 5.66. The molecule has 2 aromatic rings. The molecule has 134 valence electrons. The predicted octanol–water partition coefficient (Wildman–Crippen LogP) is 2.21. The van der Waals surface area contributed by atoms with Gasteiger partial charge in [0.2, 0.25) is 10.0 Å². The van der Waals surface area contributed by atoms with Gasteiger partial charge in [0.25, 0.3) is 5.91 Å². The van der Waals surface area contributed by atoms with E-state index in [0.717, 1.165) is 4.31 Å². The largest absolute Gasteiger partial charge is 0.497 e. The number of hydrogen-bond acceptors (Lipinski definition) is 5. The van der Waals surface area contributed by atoms with Crippen molar-refractivity contribution in [3.63, 3.8) is 0 Å². The summed E-state index contributed by atoms with van der Waals surface area (Å²) in [5.74, 6) is 0.500. The van der Waals surface area contributed by atoms with E-state index in [-0.39, 0.29) is 4.90 Å². The van der Waals surface area contributed by atoms with Crippen LogP contribution in [0.4, 0.5) is 5.69 Å². The van der Waals surface area contributed by atoms with E-state index in [1.165, 1.54) is 40.4 Å². The number of anilines is 1. The van der Waals surface area contributed by atoms with Crippen molar-refractivity contribution in [2.24, 2.45) is 0 Å². The first-order valence-corrected chi connectivity index (χ1v) is 8.79. The number of nitrogens with zero attached hydrogens (tertiary/aromatic N) is 1. The van der Waals surface area contributed by atoms with E-state index in [1.54, 1.807) is 30.3 Å². The fourth-order valence-corrected chi connectivity index (χ4v) is 3.08. The molecular weight excluding hydrogens is 344 g/mol. The van der Waals surface area contributed by atoms with E-state index >= 15 is 0 Å². The first-order valence-electron chi connectivity index (χ1n) is 7.35. The SMILES string of the molecule is COc1ccc(C(=O)Nc2cccc(S(=O)(=O)N(C)C)c2)c(OC)c1. The van der Waals surface area contributed by atoms with Crippen molar-refractivity contribution in [1.29, 1.82) is 0 Å². The summed E-state index contributed by atoms with van der Waals surface area (Å²) in [6.07, 6.45) is 0. The summed E-state index contributed by atoms with van der Waals surface area (Å²) in [6.45, 7) is 0. The number of hydrogen-bond donors (Lipinski definition) is 1. The van der Waals surface area contributed by atoms with E-state index in [9.17, 15) is 13.2 Å². The van der Waals surface area contributed by atoms with Crippen molar-refractivity contribution < 1.29 is 22.7 Å². The number of carbonyl (C=O) groups is 1. The van der Waals surface area contributed by atoms with Crippen LogP contribution in [0.5, 0.6) is 11.5 Å². The molecule has 1 N–H and O–H groups in total. The molecule has 0 aliphatic carbocycles. The smallest absolute Gasteiger partial charge is 0.259 e. The van der Waals surface area contributed by atoms with Gasteiger partial charge in [-0.25, -0.2) is 12.7 Å². The number of benzene rings is 2. The Balaban J connectivity index is 2.30. The van der Waals surface area contributed by atoms with E-state index in [1.807, 2.05) is 0 Å². The highest BCUT2D eigenvalue weighted by atomic mass is 32.2. The summed E-state index contributed by atoms with van der Waals surface area (Å²) in [5, 5.41) is 2.68. The first kappa shape index (κ1) is 18.8. The van der Waals surface area contributed by atoms with Crippen LogP contribution in [0.1, 0.15) is 10.4 Å². The number of sulfonamides is 1. The molecule has 2 rings (SSSR count). The molecule has 0 aliphatic rings. The lowest BCUT2D eigenvalue weighted by molar-refractivity contribution is 0.102. The van der Waals surface area contributed by atoms with Gasteiger partial charge in [-0.05, 0) is 30.3 Å². The van der Waals surface area contributed by atoms with Gasteiger partial charge >= 0.3 is 0 Å². The van der Waals surface area contributed by atoms with E-state index in [0.29, 0.717) is 22.7 Å². The Hall–Kier alpha value is -2.58. The van der Waals surface area contributed by atoms with Crippen molar-refractivity contribution in [3.8, 4) is 11.5 Å². The summed E-state index contributed by atoms with van der Waals surface area (Å²) in [6, 6.07) is 10.9. The van der Waals surface area contributed by atoms with Crippen molar-refractivity contribution in [1.82, 2.24) is 4.31 Å². The fraction of sp³-hybridized carbons (Fsp3) is 0.235. The Morgan fingerprint density at radius 2 is 1.76 bits per heavy atom. The second kappa shape index (κ2) is 7.54. The summed E-state index contributed by atoms with van der Waals surface area (Å²) in [4.78, 5) is 12.6. The van der Waals surface area contributed by atoms with E-state index in [4.69, 9.17) is 9.47 Å². The van der Waals surface area contributed by atoms with Gasteiger partial charge in [-0.3, -0.25) is 4.79 Å². The molecule has 0 bridgehead atoms. The van der Waals surface area contributed by atoms with Crippen LogP contribution in [0.25, 0.3) is 0 Å². The fourth-order valence-electron chi connectivity index (χ4n) is 2.13. The van der Waals surface area contributed by atoms with E-state index < -0.39 is 15.9 Å². The summed E-state index contributed by atoms with van der Waals surface area (Å²) in [7, 11) is 2.29. The minimum absolute atomic E-state index is 0.0944. The molecule has 0 fully saturated rings. The molecule has 0 saturated carbocycles. The molecule has 1 amide bonds. The van der Waals surface area contributed by atoms with Crippen LogP contribution < -0.4 is 14.8 Å². The molecule has 8 heteroatoms. The lowest BCUT2D eigenvalue weighted by atomic mass is 10.1. The Morgan fingerprint density at radius 3 is 2.36 bits per heavy atom. The van der Waals surface area contributed by atoms with Crippen LogP contribution in [-0.2, 0) is 10.0 Å². The third kappa shape index (κ3) is 4.09. The van der Waals surface area contributed by atoms with Gasteiger partial charge in [-0.15, -0.1) is 0 Å². The second-order valence-corrected chi connectivity index (χ2v) is 7.49. The maximum Gasteiger partial charge on any atom is 0.259 e. The van der Waals surface area contributed by atoms with Gasteiger partial charge in [-0.2, -0.15) is 0 Å². The van der Waals surface area contributed by atoms with Crippen LogP contribution in [0.2, 0.25) is 0 Å². The van der Waals surface area contributed by atoms with Gasteiger partial charge in [-0.1, -0.05) is 6.07 Å². The predicted molar refractivity (Wildman–Crippen MR) is 94.8 cm³/mol. The lowest BCUT2D eigenvalue weighted by Gasteiger charge is -2.13. The van der Waals surface area contributed by atoms with Crippen LogP contribution >= 0.6 is 0 Å². The van der Waals surface area contributed by atoms with Gasteiger partial charge in [0, 0.05) is 25.8 Å². The maximum atomic E-state index is 12.5.